The Labute approximate surface area is 95.4 Å². The number of Topliss-reactive ketones (excluding diaryl/α,β-unsaturated/α-hetero) is 1. The highest BCUT2D eigenvalue weighted by Gasteiger charge is 2.32. The van der Waals surface area contributed by atoms with Gasteiger partial charge in [-0.05, 0) is 0 Å². The molecule has 0 saturated heterocycles. The van der Waals surface area contributed by atoms with E-state index in [0.717, 1.165) is 4.88 Å². The van der Waals surface area contributed by atoms with E-state index in [9.17, 15) is 4.79 Å². The van der Waals surface area contributed by atoms with Crippen molar-refractivity contribution in [2.45, 2.75) is 12.5 Å². The Kier molecular flexibility index (Phi) is 3.25. The minimum absolute atomic E-state index is 0. The van der Waals surface area contributed by atoms with Crippen LogP contribution in [0.15, 0.2) is 0 Å². The van der Waals surface area contributed by atoms with Crippen molar-refractivity contribution in [3.05, 3.63) is 19.8 Å². The van der Waals surface area contributed by atoms with E-state index >= 15 is 0 Å². The maximum Gasteiger partial charge on any atom is 0.167 e. The molecule has 6 heteroatoms. The summed E-state index contributed by atoms with van der Waals surface area (Å²) < 4.78 is 0.463. The summed E-state index contributed by atoms with van der Waals surface area (Å²) in [6, 6.07) is -0.206. The number of hydrogen-bond donors (Lipinski definition) is 1. The Morgan fingerprint density at radius 2 is 2.08 bits per heavy atom. The molecule has 0 fully saturated rings. The predicted octanol–water partition coefficient (Wildman–Crippen LogP) is 3.06. The first-order valence-corrected chi connectivity index (χ1v) is 4.95. The van der Waals surface area contributed by atoms with Crippen LogP contribution in [0.25, 0.3) is 0 Å². The minimum Gasteiger partial charge on any atom is -0.323 e. The first-order chi connectivity index (χ1) is 5.61. The molecular formula is C7H6Cl3NOS. The second kappa shape index (κ2) is 3.75. The molecule has 0 aliphatic heterocycles. The van der Waals surface area contributed by atoms with Gasteiger partial charge >= 0.3 is 0 Å². The molecule has 72 valence electrons. The predicted molar refractivity (Wildman–Crippen MR) is 57.5 cm³/mol. The van der Waals surface area contributed by atoms with Gasteiger partial charge in [0.25, 0.3) is 0 Å². The third-order valence-corrected chi connectivity index (χ3v) is 3.98. The zero-order valence-corrected chi connectivity index (χ0v) is 9.49. The fourth-order valence-electron chi connectivity index (χ4n) is 1.31. The van der Waals surface area contributed by atoms with Crippen LogP contribution in [0.2, 0.25) is 9.36 Å². The normalized spacial score (nSPS) is 19.9. The number of halogens is 3. The third-order valence-electron chi connectivity index (χ3n) is 1.86. The van der Waals surface area contributed by atoms with Gasteiger partial charge in [0.2, 0.25) is 0 Å². The lowest BCUT2D eigenvalue weighted by molar-refractivity contribution is 0.0989. The summed E-state index contributed by atoms with van der Waals surface area (Å²) in [5, 5.41) is 0.370. The Morgan fingerprint density at radius 3 is 2.62 bits per heavy atom. The molecule has 1 unspecified atom stereocenters. The molecule has 1 aliphatic carbocycles. The van der Waals surface area contributed by atoms with Gasteiger partial charge in [-0.25, -0.2) is 0 Å². The van der Waals surface area contributed by atoms with E-state index in [0.29, 0.717) is 21.3 Å². The Balaban J connectivity index is 0.000000845. The highest BCUT2D eigenvalue weighted by molar-refractivity contribution is 7.17. The van der Waals surface area contributed by atoms with Gasteiger partial charge < -0.3 is 5.73 Å². The van der Waals surface area contributed by atoms with Gasteiger partial charge in [0, 0.05) is 17.3 Å². The number of carbonyl (C=O) groups excluding carboxylic acids is 1. The van der Waals surface area contributed by atoms with Gasteiger partial charge in [-0.15, -0.1) is 23.7 Å². The molecule has 0 amide bonds. The lowest BCUT2D eigenvalue weighted by atomic mass is 10.2. The molecule has 1 aromatic rings. The number of hydrogen-bond acceptors (Lipinski definition) is 3. The molecule has 1 heterocycles. The second-order valence-corrected chi connectivity index (χ2v) is 4.70. The molecule has 1 aromatic heterocycles. The molecular weight excluding hydrogens is 253 g/mol. The molecule has 0 spiro atoms. The molecule has 0 radical (unpaired) electrons. The van der Waals surface area contributed by atoms with Crippen molar-refractivity contribution in [2.24, 2.45) is 5.73 Å². The largest absolute Gasteiger partial charge is 0.323 e. The number of rotatable bonds is 0. The van der Waals surface area contributed by atoms with E-state index in [-0.39, 0.29) is 24.2 Å². The highest BCUT2D eigenvalue weighted by Crippen LogP contribution is 2.44. The van der Waals surface area contributed by atoms with Crippen LogP contribution in [-0.4, -0.2) is 5.78 Å². The van der Waals surface area contributed by atoms with Crippen LogP contribution >= 0.6 is 46.9 Å². The smallest absolute Gasteiger partial charge is 0.167 e. The SMILES string of the molecule is Cl.NC1CC(=O)c2c1sc(Cl)c2Cl. The monoisotopic (exact) mass is 257 g/mol. The van der Waals surface area contributed by atoms with Gasteiger partial charge in [0.05, 0.1) is 10.6 Å². The van der Waals surface area contributed by atoms with Crippen molar-refractivity contribution in [1.82, 2.24) is 0 Å². The first-order valence-electron chi connectivity index (χ1n) is 3.37. The zero-order valence-electron chi connectivity index (χ0n) is 6.34. The molecule has 13 heavy (non-hydrogen) atoms. The molecule has 1 aliphatic rings. The standard InChI is InChI=1S/C7H5Cl2NOS.ClH/c8-5-4-3(11)1-2(10)6(4)12-7(5)9;/h2H,1,10H2;1H. The number of thiophene rings is 1. The lowest BCUT2D eigenvalue weighted by Crippen LogP contribution is -2.04. The third kappa shape index (κ3) is 1.60. The summed E-state index contributed by atoms with van der Waals surface area (Å²) in [7, 11) is 0. The van der Waals surface area contributed by atoms with Crippen molar-refractivity contribution >= 4 is 52.7 Å². The molecule has 0 saturated carbocycles. The van der Waals surface area contributed by atoms with Crippen LogP contribution in [0.1, 0.15) is 27.7 Å². The van der Waals surface area contributed by atoms with Crippen LogP contribution in [0, 0.1) is 0 Å². The van der Waals surface area contributed by atoms with Crippen molar-refractivity contribution in [2.75, 3.05) is 0 Å². The summed E-state index contributed by atoms with van der Waals surface area (Å²) in [6.45, 7) is 0. The maximum absolute atomic E-state index is 11.3. The van der Waals surface area contributed by atoms with E-state index in [1.165, 1.54) is 11.3 Å². The Bertz CT molecular complexity index is 363. The Morgan fingerprint density at radius 1 is 1.46 bits per heavy atom. The van der Waals surface area contributed by atoms with E-state index in [1.807, 2.05) is 0 Å². The summed E-state index contributed by atoms with van der Waals surface area (Å²) in [5.41, 5.74) is 6.23. The molecule has 2 nitrogen and oxygen atoms in total. The van der Waals surface area contributed by atoms with Gasteiger partial charge in [0.1, 0.15) is 4.34 Å². The second-order valence-electron chi connectivity index (χ2n) is 2.66. The molecule has 0 aromatic carbocycles. The van der Waals surface area contributed by atoms with Crippen LogP contribution in [0.4, 0.5) is 0 Å². The molecule has 1 atom stereocenters. The quantitative estimate of drug-likeness (QED) is 0.777. The van der Waals surface area contributed by atoms with E-state index in [4.69, 9.17) is 28.9 Å². The van der Waals surface area contributed by atoms with Gasteiger partial charge in [-0.3, -0.25) is 4.79 Å². The molecule has 2 rings (SSSR count). The van der Waals surface area contributed by atoms with E-state index < -0.39 is 0 Å². The summed E-state index contributed by atoms with van der Waals surface area (Å²) in [4.78, 5) is 12.1. The fourth-order valence-corrected chi connectivity index (χ4v) is 2.97. The van der Waals surface area contributed by atoms with Crippen molar-refractivity contribution in [1.29, 1.82) is 0 Å². The summed E-state index contributed by atoms with van der Waals surface area (Å²) in [5.74, 6) is 0.00523. The summed E-state index contributed by atoms with van der Waals surface area (Å²) >= 11 is 12.9. The topological polar surface area (TPSA) is 43.1 Å². The number of fused-ring (bicyclic) bond motifs is 1. The fraction of sp³-hybridized carbons (Fsp3) is 0.286. The average Bonchev–Trinajstić information content (AvgIpc) is 2.41. The van der Waals surface area contributed by atoms with Crippen LogP contribution in [0.3, 0.4) is 0 Å². The first kappa shape index (κ1) is 11.3. The van der Waals surface area contributed by atoms with Gasteiger partial charge in [0.15, 0.2) is 5.78 Å². The van der Waals surface area contributed by atoms with Crippen LogP contribution < -0.4 is 5.73 Å². The highest BCUT2D eigenvalue weighted by atomic mass is 35.5. The van der Waals surface area contributed by atoms with Crippen molar-refractivity contribution < 1.29 is 4.79 Å². The van der Waals surface area contributed by atoms with Gasteiger partial charge in [-0.1, -0.05) is 23.2 Å². The number of nitrogens with two attached hydrogens (primary N) is 1. The van der Waals surface area contributed by atoms with E-state index in [1.54, 1.807) is 0 Å². The lowest BCUT2D eigenvalue weighted by Gasteiger charge is -1.95. The molecule has 2 N–H and O–H groups in total. The molecule has 0 bridgehead atoms. The number of carbonyl (C=O) groups is 1. The minimum atomic E-state index is -0.206. The van der Waals surface area contributed by atoms with E-state index in [2.05, 4.69) is 0 Å². The van der Waals surface area contributed by atoms with Crippen LogP contribution in [-0.2, 0) is 0 Å². The summed E-state index contributed by atoms with van der Waals surface area (Å²) in [6.07, 6.45) is 0.359. The Hall–Kier alpha value is 0.200. The van der Waals surface area contributed by atoms with Crippen molar-refractivity contribution in [3.8, 4) is 0 Å². The zero-order chi connectivity index (χ0) is 8.88. The number of ketones is 1. The van der Waals surface area contributed by atoms with Crippen molar-refractivity contribution in [3.63, 3.8) is 0 Å². The van der Waals surface area contributed by atoms with Crippen LogP contribution in [0.5, 0.6) is 0 Å². The maximum atomic E-state index is 11.3. The average molecular weight is 259 g/mol. The van der Waals surface area contributed by atoms with Gasteiger partial charge in [-0.2, -0.15) is 0 Å².